The van der Waals surface area contributed by atoms with Crippen LogP contribution >= 0.6 is 11.8 Å². The van der Waals surface area contributed by atoms with Gasteiger partial charge in [-0.05, 0) is 36.0 Å². The number of nitrogens with one attached hydrogen (secondary N) is 1. The summed E-state index contributed by atoms with van der Waals surface area (Å²) in [7, 11) is -3.67. The van der Waals surface area contributed by atoms with E-state index in [0.717, 1.165) is 24.3 Å². The number of halogens is 2. The van der Waals surface area contributed by atoms with Crippen LogP contribution in [0, 0.1) is 5.82 Å². The Labute approximate surface area is 103 Å². The fourth-order valence-corrected chi connectivity index (χ4v) is 1.51. The van der Waals surface area contributed by atoms with Crippen LogP contribution in [-0.4, -0.2) is 38.0 Å². The Morgan fingerprint density at radius 3 is 2.08 bits per heavy atom. The minimum Gasteiger partial charge on any atom is -0.207 e. The van der Waals surface area contributed by atoms with Gasteiger partial charge in [-0.2, -0.15) is 0 Å². The van der Waals surface area contributed by atoms with Gasteiger partial charge in [0, 0.05) is 29.6 Å². The average Bonchev–Trinajstić information content (AvgIpc) is 2.05. The molecule has 1 aromatic carbocycles. The van der Waals surface area contributed by atoms with Crippen molar-refractivity contribution in [2.45, 2.75) is 4.90 Å². The van der Waals surface area contributed by atoms with E-state index < -0.39 is 15.8 Å². The van der Waals surface area contributed by atoms with Crippen LogP contribution in [0.3, 0.4) is 0 Å². The molecule has 1 aromatic rings. The van der Waals surface area contributed by atoms with Crippen molar-refractivity contribution in [1.29, 1.82) is 0 Å². The SMILES string of the molecule is O=S(=O)(NCl)c1ccc(F)cc1.[Na]. The molecule has 0 aromatic heterocycles. The van der Waals surface area contributed by atoms with Gasteiger partial charge < -0.3 is 0 Å². The van der Waals surface area contributed by atoms with Crippen LogP contribution in [0.1, 0.15) is 0 Å². The van der Waals surface area contributed by atoms with Gasteiger partial charge in [-0.3, -0.25) is 0 Å². The summed E-state index contributed by atoms with van der Waals surface area (Å²) in [5, 5.41) is 0. The second-order valence-corrected chi connectivity index (χ2v) is 4.13. The van der Waals surface area contributed by atoms with E-state index >= 15 is 0 Å². The van der Waals surface area contributed by atoms with Crippen molar-refractivity contribution in [3.05, 3.63) is 30.1 Å². The minimum absolute atomic E-state index is 0. The summed E-state index contributed by atoms with van der Waals surface area (Å²) in [5.41, 5.74) is 0. The number of rotatable bonds is 2. The van der Waals surface area contributed by atoms with E-state index in [-0.39, 0.29) is 34.5 Å². The van der Waals surface area contributed by atoms with Gasteiger partial charge in [0.05, 0.1) is 4.90 Å². The van der Waals surface area contributed by atoms with E-state index in [1.807, 2.05) is 0 Å². The molecule has 1 radical (unpaired) electrons. The summed E-state index contributed by atoms with van der Waals surface area (Å²) in [6.45, 7) is 0. The maximum Gasteiger partial charge on any atom is 0.253 e. The maximum absolute atomic E-state index is 12.3. The predicted molar refractivity (Wildman–Crippen MR) is 48.3 cm³/mol. The van der Waals surface area contributed by atoms with Crippen LogP contribution in [-0.2, 0) is 10.0 Å². The topological polar surface area (TPSA) is 46.2 Å². The Bertz CT molecular complexity index is 367. The molecule has 0 fully saturated rings. The molecule has 0 heterocycles. The monoisotopic (exact) mass is 232 g/mol. The standard InChI is InChI=1S/C6H5ClFNO2S.Na/c7-9-12(10,11)6-3-1-5(8)2-4-6;/h1-4,9H;. The van der Waals surface area contributed by atoms with Gasteiger partial charge in [0.1, 0.15) is 5.82 Å². The molecule has 0 atom stereocenters. The molecule has 0 amide bonds. The maximum atomic E-state index is 12.3. The third-order valence-corrected chi connectivity index (χ3v) is 2.93. The van der Waals surface area contributed by atoms with Gasteiger partial charge >= 0.3 is 0 Å². The molecular weight excluding hydrogens is 228 g/mol. The van der Waals surface area contributed by atoms with E-state index in [2.05, 4.69) is 0 Å². The molecule has 13 heavy (non-hydrogen) atoms. The molecule has 0 saturated carbocycles. The zero-order chi connectivity index (χ0) is 9.19. The first-order chi connectivity index (χ1) is 5.56. The van der Waals surface area contributed by atoms with Gasteiger partial charge in [0.15, 0.2) is 0 Å². The molecule has 67 valence electrons. The van der Waals surface area contributed by atoms with E-state index in [9.17, 15) is 12.8 Å². The fourth-order valence-electron chi connectivity index (χ4n) is 0.658. The van der Waals surface area contributed by atoms with Gasteiger partial charge in [-0.25, -0.2) is 12.8 Å². The Kier molecular flexibility index (Phi) is 5.43. The van der Waals surface area contributed by atoms with Crippen LogP contribution in [0.4, 0.5) is 4.39 Å². The molecular formula is C6H5ClFNNaO2S. The molecule has 7 heteroatoms. The second-order valence-electron chi connectivity index (χ2n) is 2.03. The minimum atomic E-state index is -3.67. The Balaban J connectivity index is 0.00000144. The number of sulfonamides is 1. The van der Waals surface area contributed by atoms with Crippen molar-refractivity contribution in [3.8, 4) is 0 Å². The molecule has 3 nitrogen and oxygen atoms in total. The average molecular weight is 233 g/mol. The van der Waals surface area contributed by atoms with E-state index in [1.165, 1.54) is 0 Å². The van der Waals surface area contributed by atoms with Crippen molar-refractivity contribution in [2.24, 2.45) is 0 Å². The van der Waals surface area contributed by atoms with Crippen molar-refractivity contribution >= 4 is 51.4 Å². The summed E-state index contributed by atoms with van der Waals surface area (Å²) >= 11 is 4.94. The Hall–Kier alpha value is 0.350. The third kappa shape index (κ3) is 3.53. The van der Waals surface area contributed by atoms with Crippen LogP contribution in [0.25, 0.3) is 0 Å². The number of benzene rings is 1. The van der Waals surface area contributed by atoms with Gasteiger partial charge in [-0.1, -0.05) is 0 Å². The molecule has 0 saturated heterocycles. The van der Waals surface area contributed by atoms with Crippen molar-refractivity contribution in [3.63, 3.8) is 0 Å². The fraction of sp³-hybridized carbons (Fsp3) is 0. The smallest absolute Gasteiger partial charge is 0.207 e. The predicted octanol–water partition coefficient (Wildman–Crippen LogP) is 0.877. The second kappa shape index (κ2) is 5.29. The van der Waals surface area contributed by atoms with Gasteiger partial charge in [0.2, 0.25) is 0 Å². The summed E-state index contributed by atoms with van der Waals surface area (Å²) < 4.78 is 35.8. The zero-order valence-corrected chi connectivity index (χ0v) is 10.4. The summed E-state index contributed by atoms with van der Waals surface area (Å²) in [4.78, 5) is -0.0705. The molecule has 1 rings (SSSR count). The number of hydrogen-bond donors (Lipinski definition) is 1. The quantitative estimate of drug-likeness (QED) is 0.608. The van der Waals surface area contributed by atoms with Crippen LogP contribution in [0.15, 0.2) is 29.2 Å². The Morgan fingerprint density at radius 2 is 1.69 bits per heavy atom. The molecule has 0 unspecified atom stereocenters. The van der Waals surface area contributed by atoms with Crippen molar-refractivity contribution < 1.29 is 12.8 Å². The van der Waals surface area contributed by atoms with E-state index in [4.69, 9.17) is 11.8 Å². The summed E-state index contributed by atoms with van der Waals surface area (Å²) in [6, 6.07) is 4.34. The van der Waals surface area contributed by atoms with Crippen LogP contribution in [0.5, 0.6) is 0 Å². The third-order valence-electron chi connectivity index (χ3n) is 1.23. The van der Waals surface area contributed by atoms with Gasteiger partial charge in [0.25, 0.3) is 10.0 Å². The molecule has 0 aliphatic rings. The molecule has 0 aliphatic carbocycles. The molecule has 0 spiro atoms. The Morgan fingerprint density at radius 1 is 1.23 bits per heavy atom. The number of hydrogen-bond acceptors (Lipinski definition) is 2. The normalized spacial score (nSPS) is 10.6. The van der Waals surface area contributed by atoms with Gasteiger partial charge in [-0.15, -0.1) is 4.24 Å². The van der Waals surface area contributed by atoms with Crippen molar-refractivity contribution in [1.82, 2.24) is 4.24 Å². The van der Waals surface area contributed by atoms with E-state index in [1.54, 1.807) is 4.24 Å². The summed E-state index contributed by atoms with van der Waals surface area (Å²) in [6.07, 6.45) is 0. The first-order valence-electron chi connectivity index (χ1n) is 2.94. The zero-order valence-electron chi connectivity index (χ0n) is 6.79. The van der Waals surface area contributed by atoms with Crippen molar-refractivity contribution in [2.75, 3.05) is 0 Å². The summed E-state index contributed by atoms with van der Waals surface area (Å²) in [5.74, 6) is -0.497. The molecule has 0 aliphatic heterocycles. The van der Waals surface area contributed by atoms with Crippen LogP contribution < -0.4 is 4.24 Å². The van der Waals surface area contributed by atoms with Crippen LogP contribution in [0.2, 0.25) is 0 Å². The largest absolute Gasteiger partial charge is 0.253 e. The molecule has 0 bridgehead atoms. The molecule has 1 N–H and O–H groups in total. The first-order valence-corrected chi connectivity index (χ1v) is 4.80. The first kappa shape index (κ1) is 13.4. The van der Waals surface area contributed by atoms with E-state index in [0.29, 0.717) is 0 Å².